The highest BCUT2D eigenvalue weighted by atomic mass is 79.9. The van der Waals surface area contributed by atoms with Crippen molar-refractivity contribution >= 4 is 27.5 Å². The number of hydrogen-bond acceptors (Lipinski definition) is 0. The van der Waals surface area contributed by atoms with Crippen LogP contribution >= 0.6 is 27.5 Å². The smallest absolute Gasteiger partial charge is 0.134 e. The Morgan fingerprint density at radius 2 is 1.68 bits per heavy atom. The van der Waals surface area contributed by atoms with Gasteiger partial charge in [-0.3, -0.25) is 0 Å². The molecule has 0 fully saturated rings. The van der Waals surface area contributed by atoms with Crippen LogP contribution in [-0.2, 0) is 0 Å². The summed E-state index contributed by atoms with van der Waals surface area (Å²) in [6.45, 7) is 1.79. The van der Waals surface area contributed by atoms with Crippen molar-refractivity contribution in [1.82, 2.24) is 0 Å². The summed E-state index contributed by atoms with van der Waals surface area (Å²) in [5.41, 5.74) is 1.01. The molecule has 2 rings (SSSR count). The largest absolute Gasteiger partial charge is 0.207 e. The molecule has 0 saturated carbocycles. The summed E-state index contributed by atoms with van der Waals surface area (Å²) in [7, 11) is 0. The highest BCUT2D eigenvalue weighted by Crippen LogP contribution is 2.36. The molecule has 0 nitrogen and oxygen atoms in total. The first-order chi connectivity index (χ1) is 8.91. The zero-order valence-corrected chi connectivity index (χ0v) is 12.2. The molecule has 0 bridgehead atoms. The molecule has 1 unspecified atom stereocenters. The van der Waals surface area contributed by atoms with Crippen molar-refractivity contribution in [2.75, 3.05) is 0 Å². The lowest BCUT2D eigenvalue weighted by molar-refractivity contribution is 0.526. The molecule has 0 aromatic heterocycles. The van der Waals surface area contributed by atoms with Crippen LogP contribution < -0.4 is 0 Å². The van der Waals surface area contributed by atoms with E-state index in [-0.39, 0.29) is 5.56 Å². The summed E-state index contributed by atoms with van der Waals surface area (Å²) >= 11 is 9.48. The average Bonchev–Trinajstić information content (AvgIpc) is 2.31. The van der Waals surface area contributed by atoms with E-state index in [1.54, 1.807) is 25.1 Å². The van der Waals surface area contributed by atoms with Gasteiger partial charge in [-0.25, -0.2) is 13.2 Å². The third-order valence-electron chi connectivity index (χ3n) is 2.88. The molecule has 2 aromatic rings. The van der Waals surface area contributed by atoms with Crippen LogP contribution in [0.15, 0.2) is 34.8 Å². The molecular weight excluding hydrogens is 341 g/mol. The Labute approximate surface area is 122 Å². The second kappa shape index (κ2) is 5.55. The lowest BCUT2D eigenvalue weighted by Gasteiger charge is -2.15. The number of hydrogen-bond donors (Lipinski definition) is 0. The molecular formula is C14H9BrClF3. The fourth-order valence-corrected chi connectivity index (χ4v) is 2.68. The standard InChI is InChI=1S/C14H9BrClF3/c1-7-9(3-2-4-10(7)15)14(16)13-11(18)5-8(17)6-12(13)19/h2-6,14H,1H3. The van der Waals surface area contributed by atoms with Crippen molar-refractivity contribution in [3.05, 3.63) is 68.9 Å². The van der Waals surface area contributed by atoms with E-state index >= 15 is 0 Å². The molecule has 0 amide bonds. The molecule has 0 aliphatic heterocycles. The SMILES string of the molecule is Cc1c(Br)cccc1C(Cl)c1c(F)cc(F)cc1F. The van der Waals surface area contributed by atoms with Gasteiger partial charge in [0.1, 0.15) is 17.5 Å². The van der Waals surface area contributed by atoms with E-state index in [1.807, 2.05) is 0 Å². The van der Waals surface area contributed by atoms with E-state index in [4.69, 9.17) is 11.6 Å². The molecule has 0 heterocycles. The summed E-state index contributed by atoms with van der Waals surface area (Å²) in [5, 5.41) is -1.02. The minimum atomic E-state index is -1.02. The Hall–Kier alpha value is -1.00. The molecule has 19 heavy (non-hydrogen) atoms. The van der Waals surface area contributed by atoms with Gasteiger partial charge in [0.15, 0.2) is 0 Å². The number of alkyl halides is 1. The first kappa shape index (κ1) is 14.4. The average molecular weight is 350 g/mol. The first-order valence-corrected chi connectivity index (χ1v) is 6.68. The van der Waals surface area contributed by atoms with Crippen molar-refractivity contribution in [3.8, 4) is 0 Å². The maximum Gasteiger partial charge on any atom is 0.134 e. The maximum atomic E-state index is 13.7. The number of benzene rings is 2. The Morgan fingerprint density at radius 3 is 2.26 bits per heavy atom. The first-order valence-electron chi connectivity index (χ1n) is 5.45. The van der Waals surface area contributed by atoms with Crippen LogP contribution in [0.5, 0.6) is 0 Å². The van der Waals surface area contributed by atoms with Crippen molar-refractivity contribution in [2.24, 2.45) is 0 Å². The molecule has 0 saturated heterocycles. The van der Waals surface area contributed by atoms with Crippen LogP contribution in [0.4, 0.5) is 13.2 Å². The molecule has 5 heteroatoms. The molecule has 0 aliphatic rings. The number of rotatable bonds is 2. The van der Waals surface area contributed by atoms with Crippen LogP contribution in [-0.4, -0.2) is 0 Å². The highest BCUT2D eigenvalue weighted by Gasteiger charge is 2.22. The Bertz CT molecular complexity index is 605. The van der Waals surface area contributed by atoms with Crippen molar-refractivity contribution in [2.45, 2.75) is 12.3 Å². The third kappa shape index (κ3) is 2.79. The second-order valence-electron chi connectivity index (χ2n) is 4.10. The summed E-state index contributed by atoms with van der Waals surface area (Å²) < 4.78 is 41.1. The van der Waals surface area contributed by atoms with Gasteiger partial charge in [0.2, 0.25) is 0 Å². The van der Waals surface area contributed by atoms with Crippen LogP contribution in [0.3, 0.4) is 0 Å². The highest BCUT2D eigenvalue weighted by molar-refractivity contribution is 9.10. The minimum absolute atomic E-state index is 0.343. The fraction of sp³-hybridized carbons (Fsp3) is 0.143. The van der Waals surface area contributed by atoms with Gasteiger partial charge < -0.3 is 0 Å². The van der Waals surface area contributed by atoms with Gasteiger partial charge in [-0.15, -0.1) is 11.6 Å². The zero-order valence-electron chi connectivity index (χ0n) is 9.85. The molecule has 0 N–H and O–H groups in total. The third-order valence-corrected chi connectivity index (χ3v) is 4.19. The van der Waals surface area contributed by atoms with Crippen molar-refractivity contribution in [1.29, 1.82) is 0 Å². The van der Waals surface area contributed by atoms with E-state index in [0.29, 0.717) is 17.7 Å². The molecule has 0 aliphatic carbocycles. The lowest BCUT2D eigenvalue weighted by Crippen LogP contribution is -2.04. The molecule has 100 valence electrons. The number of halogens is 5. The molecule has 2 aromatic carbocycles. The monoisotopic (exact) mass is 348 g/mol. The lowest BCUT2D eigenvalue weighted by atomic mass is 9.99. The molecule has 0 spiro atoms. The van der Waals surface area contributed by atoms with E-state index in [1.165, 1.54) is 0 Å². The van der Waals surface area contributed by atoms with E-state index in [2.05, 4.69) is 15.9 Å². The van der Waals surface area contributed by atoms with E-state index in [0.717, 1.165) is 10.0 Å². The summed E-state index contributed by atoms with van der Waals surface area (Å²) in [4.78, 5) is 0. The summed E-state index contributed by atoms with van der Waals surface area (Å²) in [5.74, 6) is -2.94. The van der Waals surface area contributed by atoms with Gasteiger partial charge in [0.25, 0.3) is 0 Å². The predicted molar refractivity (Wildman–Crippen MR) is 72.9 cm³/mol. The van der Waals surface area contributed by atoms with Gasteiger partial charge in [-0.05, 0) is 24.1 Å². The molecule has 0 radical (unpaired) electrons. The Balaban J connectivity index is 2.56. The Kier molecular flexibility index (Phi) is 4.21. The van der Waals surface area contributed by atoms with Gasteiger partial charge in [0.05, 0.1) is 5.38 Å². The van der Waals surface area contributed by atoms with E-state index in [9.17, 15) is 13.2 Å². The fourth-order valence-electron chi connectivity index (χ4n) is 1.85. The van der Waals surface area contributed by atoms with Crippen LogP contribution in [0.1, 0.15) is 22.1 Å². The second-order valence-corrected chi connectivity index (χ2v) is 5.39. The van der Waals surface area contributed by atoms with Gasteiger partial charge in [0, 0.05) is 22.2 Å². The zero-order chi connectivity index (χ0) is 14.2. The van der Waals surface area contributed by atoms with Crippen molar-refractivity contribution < 1.29 is 13.2 Å². The topological polar surface area (TPSA) is 0 Å². The summed E-state index contributed by atoms with van der Waals surface area (Å²) in [6, 6.07) is 6.46. The van der Waals surface area contributed by atoms with Crippen LogP contribution in [0.25, 0.3) is 0 Å². The van der Waals surface area contributed by atoms with Gasteiger partial charge >= 0.3 is 0 Å². The van der Waals surface area contributed by atoms with Crippen LogP contribution in [0, 0.1) is 24.4 Å². The Morgan fingerprint density at radius 1 is 1.11 bits per heavy atom. The minimum Gasteiger partial charge on any atom is -0.207 e. The van der Waals surface area contributed by atoms with Crippen LogP contribution in [0.2, 0.25) is 0 Å². The van der Waals surface area contributed by atoms with E-state index < -0.39 is 22.8 Å². The quantitative estimate of drug-likeness (QED) is 0.628. The maximum absolute atomic E-state index is 13.7. The molecule has 1 atom stereocenters. The normalized spacial score (nSPS) is 12.5. The summed E-state index contributed by atoms with van der Waals surface area (Å²) in [6.07, 6.45) is 0. The predicted octanol–water partition coefficient (Wildman–Crippen LogP) is 5.50. The van der Waals surface area contributed by atoms with Gasteiger partial charge in [-0.2, -0.15) is 0 Å². The van der Waals surface area contributed by atoms with Gasteiger partial charge in [-0.1, -0.05) is 28.1 Å². The van der Waals surface area contributed by atoms with Crippen molar-refractivity contribution in [3.63, 3.8) is 0 Å².